The highest BCUT2D eigenvalue weighted by Crippen LogP contribution is 2.25. The van der Waals surface area contributed by atoms with Crippen LogP contribution in [0.5, 0.6) is 0 Å². The van der Waals surface area contributed by atoms with Gasteiger partial charge < -0.3 is 10.0 Å². The van der Waals surface area contributed by atoms with E-state index in [1.165, 1.54) is 19.4 Å². The average molecular weight is 238 g/mol. The molecule has 98 valence electrons. The topological polar surface area (TPSA) is 47.3 Å². The van der Waals surface area contributed by atoms with Crippen molar-refractivity contribution in [3.05, 3.63) is 0 Å². The Hall–Kier alpha value is -0.590. The van der Waals surface area contributed by atoms with E-state index in [1.807, 2.05) is 13.8 Å². The van der Waals surface area contributed by atoms with Crippen LogP contribution in [0.2, 0.25) is 0 Å². The number of likely N-dealkylation sites (tertiary alicyclic amines) is 1. The Kier molecular flexibility index (Phi) is 5.94. The van der Waals surface area contributed by atoms with Gasteiger partial charge in [0.05, 0.1) is 11.5 Å². The van der Waals surface area contributed by atoms with Crippen LogP contribution in [0.1, 0.15) is 52.4 Å². The van der Waals surface area contributed by atoms with Crippen molar-refractivity contribution in [1.29, 1.82) is 5.26 Å². The zero-order valence-electron chi connectivity index (χ0n) is 11.3. The van der Waals surface area contributed by atoms with E-state index in [9.17, 15) is 0 Å². The Balaban J connectivity index is 2.24. The maximum absolute atomic E-state index is 8.96. The summed E-state index contributed by atoms with van der Waals surface area (Å²) in [5.41, 5.74) is -0.180. The minimum absolute atomic E-state index is 0.180. The Morgan fingerprint density at radius 3 is 2.82 bits per heavy atom. The fraction of sp³-hybridized carbons (Fsp3) is 0.929. The summed E-state index contributed by atoms with van der Waals surface area (Å²) in [6.07, 6.45) is 6.70. The zero-order chi connectivity index (χ0) is 12.7. The zero-order valence-corrected chi connectivity index (χ0v) is 11.3. The van der Waals surface area contributed by atoms with Gasteiger partial charge in [-0.25, -0.2) is 0 Å². The average Bonchev–Trinajstić information content (AvgIpc) is 2.74. The Bertz CT molecular complexity index is 257. The Morgan fingerprint density at radius 1 is 1.41 bits per heavy atom. The molecule has 3 heteroatoms. The maximum atomic E-state index is 8.96. The van der Waals surface area contributed by atoms with E-state index >= 15 is 0 Å². The van der Waals surface area contributed by atoms with Crippen molar-refractivity contribution in [3.63, 3.8) is 0 Å². The molecule has 1 rings (SSSR count). The van der Waals surface area contributed by atoms with E-state index in [-0.39, 0.29) is 5.41 Å². The van der Waals surface area contributed by atoms with Crippen molar-refractivity contribution in [3.8, 4) is 6.07 Å². The summed E-state index contributed by atoms with van der Waals surface area (Å²) in [7, 11) is 0. The summed E-state index contributed by atoms with van der Waals surface area (Å²) >= 11 is 0. The molecule has 1 fully saturated rings. The lowest BCUT2D eigenvalue weighted by atomic mass is 9.90. The van der Waals surface area contributed by atoms with Crippen molar-refractivity contribution in [2.45, 2.75) is 58.4 Å². The Labute approximate surface area is 105 Å². The molecule has 3 nitrogen and oxygen atoms in total. The van der Waals surface area contributed by atoms with Crippen LogP contribution >= 0.6 is 0 Å². The van der Waals surface area contributed by atoms with Gasteiger partial charge in [-0.05, 0) is 65.5 Å². The molecule has 0 bridgehead atoms. The first kappa shape index (κ1) is 14.5. The van der Waals surface area contributed by atoms with Crippen LogP contribution in [0.25, 0.3) is 0 Å². The molecule has 0 amide bonds. The number of hydrogen-bond donors (Lipinski definition) is 1. The third kappa shape index (κ3) is 5.06. The first-order valence-electron chi connectivity index (χ1n) is 6.85. The van der Waals surface area contributed by atoms with Crippen LogP contribution < -0.4 is 0 Å². The third-order valence-corrected chi connectivity index (χ3v) is 3.74. The van der Waals surface area contributed by atoms with Crippen molar-refractivity contribution in [2.24, 2.45) is 5.41 Å². The van der Waals surface area contributed by atoms with Crippen LogP contribution in [-0.4, -0.2) is 35.7 Å². The van der Waals surface area contributed by atoms with Gasteiger partial charge >= 0.3 is 0 Å². The number of nitriles is 1. The third-order valence-electron chi connectivity index (χ3n) is 3.74. The molecule has 1 aliphatic heterocycles. The molecule has 1 saturated heterocycles. The van der Waals surface area contributed by atoms with Crippen molar-refractivity contribution in [1.82, 2.24) is 4.90 Å². The summed E-state index contributed by atoms with van der Waals surface area (Å²) < 4.78 is 0. The first-order chi connectivity index (χ1) is 8.09. The summed E-state index contributed by atoms with van der Waals surface area (Å²) in [5, 5.41) is 17.8. The van der Waals surface area contributed by atoms with Crippen LogP contribution in [0.4, 0.5) is 0 Å². The molecule has 1 N–H and O–H groups in total. The van der Waals surface area contributed by atoms with E-state index in [0.29, 0.717) is 12.6 Å². The molecule has 0 saturated carbocycles. The van der Waals surface area contributed by atoms with Gasteiger partial charge in [-0.15, -0.1) is 0 Å². The Morgan fingerprint density at radius 2 is 2.18 bits per heavy atom. The van der Waals surface area contributed by atoms with Crippen LogP contribution in [0, 0.1) is 16.7 Å². The standard InChI is InChI=1S/C14H26N2O/c1-14(2,12-15)8-5-10-16-9-3-6-13(16)7-4-11-17/h13,17H,3-11H2,1-2H3. The lowest BCUT2D eigenvalue weighted by Crippen LogP contribution is -2.31. The molecule has 0 spiro atoms. The highest BCUT2D eigenvalue weighted by atomic mass is 16.2. The van der Waals surface area contributed by atoms with E-state index in [4.69, 9.17) is 10.4 Å². The van der Waals surface area contributed by atoms with E-state index in [1.54, 1.807) is 0 Å². The molecular formula is C14H26N2O. The van der Waals surface area contributed by atoms with E-state index < -0.39 is 0 Å². The lowest BCUT2D eigenvalue weighted by Gasteiger charge is -2.25. The van der Waals surface area contributed by atoms with E-state index in [2.05, 4.69) is 11.0 Å². The minimum Gasteiger partial charge on any atom is -0.396 e. The summed E-state index contributed by atoms with van der Waals surface area (Å²) in [4.78, 5) is 2.54. The minimum atomic E-state index is -0.180. The molecule has 1 heterocycles. The lowest BCUT2D eigenvalue weighted by molar-refractivity contribution is 0.208. The molecule has 1 aliphatic rings. The molecule has 1 unspecified atom stereocenters. The molecule has 0 aliphatic carbocycles. The largest absolute Gasteiger partial charge is 0.396 e. The predicted octanol–water partition coefficient (Wildman–Crippen LogP) is 2.55. The summed E-state index contributed by atoms with van der Waals surface area (Å²) in [6, 6.07) is 3.03. The number of rotatable bonds is 7. The van der Waals surface area contributed by atoms with Gasteiger partial charge in [0, 0.05) is 12.6 Å². The van der Waals surface area contributed by atoms with Gasteiger partial charge in [0.25, 0.3) is 0 Å². The molecule has 0 aromatic carbocycles. The van der Waals surface area contributed by atoms with Gasteiger partial charge in [0.2, 0.25) is 0 Å². The summed E-state index contributed by atoms with van der Waals surface area (Å²) in [6.45, 7) is 6.65. The van der Waals surface area contributed by atoms with Gasteiger partial charge in [0.1, 0.15) is 0 Å². The number of hydrogen-bond acceptors (Lipinski definition) is 3. The van der Waals surface area contributed by atoms with Crippen LogP contribution in [-0.2, 0) is 0 Å². The maximum Gasteiger partial charge on any atom is 0.0683 e. The highest BCUT2D eigenvalue weighted by Gasteiger charge is 2.24. The number of aliphatic hydroxyl groups is 1. The smallest absolute Gasteiger partial charge is 0.0683 e. The molecule has 0 aromatic rings. The van der Waals surface area contributed by atoms with Gasteiger partial charge in [-0.2, -0.15) is 5.26 Å². The molecule has 1 atom stereocenters. The fourth-order valence-corrected chi connectivity index (χ4v) is 2.62. The monoisotopic (exact) mass is 238 g/mol. The van der Waals surface area contributed by atoms with Gasteiger partial charge in [0.15, 0.2) is 0 Å². The van der Waals surface area contributed by atoms with Crippen molar-refractivity contribution >= 4 is 0 Å². The second-order valence-electron chi connectivity index (χ2n) is 5.80. The van der Waals surface area contributed by atoms with Crippen LogP contribution in [0.15, 0.2) is 0 Å². The second kappa shape index (κ2) is 6.98. The van der Waals surface area contributed by atoms with E-state index in [0.717, 1.165) is 32.2 Å². The van der Waals surface area contributed by atoms with Crippen molar-refractivity contribution in [2.75, 3.05) is 19.7 Å². The summed E-state index contributed by atoms with van der Waals surface area (Å²) in [5.74, 6) is 0. The van der Waals surface area contributed by atoms with Crippen molar-refractivity contribution < 1.29 is 5.11 Å². The molecule has 17 heavy (non-hydrogen) atoms. The fourth-order valence-electron chi connectivity index (χ4n) is 2.62. The molecular weight excluding hydrogens is 212 g/mol. The molecule has 0 aromatic heterocycles. The first-order valence-corrected chi connectivity index (χ1v) is 6.85. The van der Waals surface area contributed by atoms with Gasteiger partial charge in [-0.3, -0.25) is 0 Å². The normalized spacial score (nSPS) is 21.6. The highest BCUT2D eigenvalue weighted by molar-refractivity contribution is 4.91. The van der Waals surface area contributed by atoms with Gasteiger partial charge in [-0.1, -0.05) is 0 Å². The number of nitrogens with zero attached hydrogens (tertiary/aromatic N) is 2. The molecule has 0 radical (unpaired) electrons. The predicted molar refractivity (Wildman–Crippen MR) is 69.5 cm³/mol. The quantitative estimate of drug-likeness (QED) is 0.741. The second-order valence-corrected chi connectivity index (χ2v) is 5.80. The van der Waals surface area contributed by atoms with Crippen LogP contribution in [0.3, 0.4) is 0 Å². The SMILES string of the molecule is CC(C)(C#N)CCCN1CCCC1CCCO. The number of aliphatic hydroxyl groups excluding tert-OH is 1.